The van der Waals surface area contributed by atoms with Crippen LogP contribution in [0.1, 0.15) is 11.3 Å². The third-order valence-electron chi connectivity index (χ3n) is 3.96. The zero-order valence-electron chi connectivity index (χ0n) is 14.8. The van der Waals surface area contributed by atoms with Gasteiger partial charge < -0.3 is 21.6 Å². The van der Waals surface area contributed by atoms with Gasteiger partial charge >= 0.3 is 6.18 Å². The fourth-order valence-electron chi connectivity index (χ4n) is 2.64. The van der Waals surface area contributed by atoms with Gasteiger partial charge in [-0.1, -0.05) is 18.2 Å². The molecule has 0 amide bonds. The normalized spacial score (nSPS) is 11.5. The van der Waals surface area contributed by atoms with Crippen molar-refractivity contribution in [3.05, 3.63) is 47.7 Å². The van der Waals surface area contributed by atoms with E-state index in [1.54, 1.807) is 24.3 Å². The van der Waals surface area contributed by atoms with Crippen LogP contribution >= 0.6 is 0 Å². The lowest BCUT2D eigenvalue weighted by molar-refractivity contribution is -0.141. The highest BCUT2D eigenvalue weighted by Crippen LogP contribution is 2.32. The van der Waals surface area contributed by atoms with E-state index < -0.39 is 11.9 Å². The summed E-state index contributed by atoms with van der Waals surface area (Å²) in [5.74, 6) is 5.96. The Hall–Kier alpha value is -3.47. The molecule has 28 heavy (non-hydrogen) atoms. The fourth-order valence-corrected chi connectivity index (χ4v) is 2.64. The zero-order valence-corrected chi connectivity index (χ0v) is 14.8. The maximum absolute atomic E-state index is 12.9. The van der Waals surface area contributed by atoms with Gasteiger partial charge in [-0.25, -0.2) is 10.8 Å². The molecule has 0 radical (unpaired) electrons. The van der Waals surface area contributed by atoms with Crippen LogP contribution in [-0.4, -0.2) is 14.8 Å². The Balaban J connectivity index is 1.84. The van der Waals surface area contributed by atoms with E-state index >= 15 is 0 Å². The standard InChI is InChI=1S/C17H18F3N7O/c1-27-11(6-13(26-27)17(18,19)20)10-4-2-3-9(5-10)8-28-12-7-14(21)24-16(25-23)15(12)22/h2-7H,8,22-23H2,1H3,(H3,21,24,25). The molecule has 0 saturated heterocycles. The molecule has 148 valence electrons. The SMILES string of the molecule is Cn1nc(C(F)(F)F)cc1-c1cccc(COc2cc(N)nc(NN)c2N)c1. The first-order chi connectivity index (χ1) is 13.2. The van der Waals surface area contributed by atoms with E-state index in [-0.39, 0.29) is 29.7 Å². The van der Waals surface area contributed by atoms with Crippen molar-refractivity contribution < 1.29 is 17.9 Å². The number of hydrogen-bond donors (Lipinski definition) is 4. The summed E-state index contributed by atoms with van der Waals surface area (Å²) in [5.41, 5.74) is 14.8. The van der Waals surface area contributed by atoms with E-state index in [1.165, 1.54) is 17.8 Å². The monoisotopic (exact) mass is 393 g/mol. The molecule has 0 aliphatic rings. The summed E-state index contributed by atoms with van der Waals surface area (Å²) in [6.45, 7) is 0.107. The van der Waals surface area contributed by atoms with Crippen LogP contribution < -0.4 is 27.5 Å². The van der Waals surface area contributed by atoms with Gasteiger partial charge in [0.2, 0.25) is 0 Å². The van der Waals surface area contributed by atoms with E-state index in [4.69, 9.17) is 22.0 Å². The number of alkyl halides is 3. The average molecular weight is 393 g/mol. The number of hydrogen-bond acceptors (Lipinski definition) is 7. The van der Waals surface area contributed by atoms with Crippen LogP contribution in [0.2, 0.25) is 0 Å². The first-order valence-electron chi connectivity index (χ1n) is 8.05. The first-order valence-corrected chi connectivity index (χ1v) is 8.05. The Labute approximate surface area is 158 Å². The fraction of sp³-hybridized carbons (Fsp3) is 0.176. The Kier molecular flexibility index (Phi) is 5.01. The summed E-state index contributed by atoms with van der Waals surface area (Å²) in [6.07, 6.45) is -4.51. The summed E-state index contributed by atoms with van der Waals surface area (Å²) in [5, 5.41) is 3.53. The number of halogens is 3. The molecule has 1 aromatic carbocycles. The van der Waals surface area contributed by atoms with Crippen LogP contribution in [0.25, 0.3) is 11.3 Å². The van der Waals surface area contributed by atoms with Gasteiger partial charge in [-0.2, -0.15) is 18.3 Å². The number of nitrogens with zero attached hydrogens (tertiary/aromatic N) is 3. The summed E-state index contributed by atoms with van der Waals surface area (Å²) >= 11 is 0. The smallest absolute Gasteiger partial charge is 0.435 e. The minimum atomic E-state index is -4.51. The second-order valence-corrected chi connectivity index (χ2v) is 5.98. The van der Waals surface area contributed by atoms with Crippen LogP contribution in [0.4, 0.5) is 30.5 Å². The van der Waals surface area contributed by atoms with E-state index in [1.807, 2.05) is 0 Å². The molecule has 0 fully saturated rings. The van der Waals surface area contributed by atoms with E-state index in [0.717, 1.165) is 6.07 Å². The molecule has 11 heteroatoms. The van der Waals surface area contributed by atoms with Crippen molar-refractivity contribution in [2.75, 3.05) is 16.9 Å². The van der Waals surface area contributed by atoms with Crippen molar-refractivity contribution in [3.63, 3.8) is 0 Å². The van der Waals surface area contributed by atoms with Crippen molar-refractivity contribution in [1.29, 1.82) is 0 Å². The van der Waals surface area contributed by atoms with Crippen LogP contribution in [-0.2, 0) is 19.8 Å². The van der Waals surface area contributed by atoms with Gasteiger partial charge in [0.1, 0.15) is 23.9 Å². The van der Waals surface area contributed by atoms with Crippen LogP contribution in [0.5, 0.6) is 5.75 Å². The maximum atomic E-state index is 12.9. The summed E-state index contributed by atoms with van der Waals surface area (Å²) in [7, 11) is 1.45. The number of rotatable bonds is 5. The molecule has 0 bridgehead atoms. The van der Waals surface area contributed by atoms with Gasteiger partial charge in [0.25, 0.3) is 0 Å². The molecule has 0 unspecified atom stereocenters. The number of pyridine rings is 1. The van der Waals surface area contributed by atoms with Gasteiger partial charge in [-0.05, 0) is 17.7 Å². The third-order valence-corrected chi connectivity index (χ3v) is 3.96. The predicted molar refractivity (Wildman–Crippen MR) is 98.8 cm³/mol. The number of aryl methyl sites for hydroxylation is 1. The highest BCUT2D eigenvalue weighted by molar-refractivity contribution is 5.71. The quantitative estimate of drug-likeness (QED) is 0.387. The molecule has 0 aliphatic heterocycles. The van der Waals surface area contributed by atoms with Gasteiger partial charge in [-0.3, -0.25) is 4.68 Å². The second-order valence-electron chi connectivity index (χ2n) is 5.98. The van der Waals surface area contributed by atoms with Crippen molar-refractivity contribution in [3.8, 4) is 17.0 Å². The maximum Gasteiger partial charge on any atom is 0.435 e. The minimum absolute atomic E-state index is 0.107. The van der Waals surface area contributed by atoms with Crippen molar-refractivity contribution in [2.24, 2.45) is 12.9 Å². The predicted octanol–water partition coefficient (Wildman–Crippen LogP) is 2.53. The topological polar surface area (TPSA) is 130 Å². The lowest BCUT2D eigenvalue weighted by Crippen LogP contribution is -2.13. The van der Waals surface area contributed by atoms with E-state index in [0.29, 0.717) is 16.8 Å². The average Bonchev–Trinajstić information content (AvgIpc) is 3.04. The number of nitrogens with two attached hydrogens (primary N) is 3. The van der Waals surface area contributed by atoms with Crippen LogP contribution in [0.3, 0.4) is 0 Å². The van der Waals surface area contributed by atoms with Gasteiger partial charge in [0.15, 0.2) is 11.5 Å². The summed E-state index contributed by atoms with van der Waals surface area (Å²) in [4.78, 5) is 3.93. The van der Waals surface area contributed by atoms with Gasteiger partial charge in [0.05, 0.1) is 5.69 Å². The van der Waals surface area contributed by atoms with Gasteiger partial charge in [0, 0.05) is 18.7 Å². The molecule has 0 spiro atoms. The molecular formula is C17H18F3N7O. The largest absolute Gasteiger partial charge is 0.486 e. The lowest BCUT2D eigenvalue weighted by atomic mass is 10.1. The first kappa shape index (κ1) is 19.3. The molecule has 7 N–H and O–H groups in total. The minimum Gasteiger partial charge on any atom is -0.486 e. The van der Waals surface area contributed by atoms with Crippen molar-refractivity contribution in [1.82, 2.24) is 14.8 Å². The third kappa shape index (κ3) is 3.93. The number of nitrogens with one attached hydrogen (secondary N) is 1. The van der Waals surface area contributed by atoms with E-state index in [9.17, 15) is 13.2 Å². The Bertz CT molecular complexity index is 1000. The lowest BCUT2D eigenvalue weighted by Gasteiger charge is -2.13. The number of aromatic nitrogens is 3. The van der Waals surface area contributed by atoms with Crippen molar-refractivity contribution in [2.45, 2.75) is 12.8 Å². The number of nitrogen functional groups attached to an aromatic ring is 3. The molecule has 3 rings (SSSR count). The molecule has 2 heterocycles. The molecule has 3 aromatic rings. The number of hydrazine groups is 1. The molecule has 2 aromatic heterocycles. The van der Waals surface area contributed by atoms with Crippen molar-refractivity contribution >= 4 is 17.3 Å². The van der Waals surface area contributed by atoms with Gasteiger partial charge in [-0.15, -0.1) is 0 Å². The Morgan fingerprint density at radius 1 is 1.18 bits per heavy atom. The highest BCUT2D eigenvalue weighted by atomic mass is 19.4. The molecule has 0 atom stereocenters. The number of anilines is 3. The molecule has 0 saturated carbocycles. The van der Waals surface area contributed by atoms with Crippen LogP contribution in [0, 0.1) is 0 Å². The highest BCUT2D eigenvalue weighted by Gasteiger charge is 2.34. The van der Waals surface area contributed by atoms with Crippen LogP contribution in [0.15, 0.2) is 36.4 Å². The number of ether oxygens (including phenoxy) is 1. The molecule has 8 nitrogen and oxygen atoms in total. The summed E-state index contributed by atoms with van der Waals surface area (Å²) < 4.78 is 45.5. The Morgan fingerprint density at radius 2 is 1.93 bits per heavy atom. The molecule has 0 aliphatic carbocycles. The number of benzene rings is 1. The van der Waals surface area contributed by atoms with E-state index in [2.05, 4.69) is 15.5 Å². The zero-order chi connectivity index (χ0) is 20.5. The summed E-state index contributed by atoms with van der Waals surface area (Å²) in [6, 6.07) is 9.34. The molecular weight excluding hydrogens is 375 g/mol. The second kappa shape index (κ2) is 7.27. The Morgan fingerprint density at radius 3 is 2.57 bits per heavy atom.